The molecule has 0 N–H and O–H groups in total. The minimum absolute atomic E-state index is 0.0764. The molecule has 0 radical (unpaired) electrons. The van der Waals surface area contributed by atoms with Gasteiger partial charge >= 0.3 is 0 Å². The predicted octanol–water partition coefficient (Wildman–Crippen LogP) is 4.81. The van der Waals surface area contributed by atoms with E-state index in [1.807, 2.05) is 48.7 Å². The van der Waals surface area contributed by atoms with E-state index in [-0.39, 0.29) is 6.10 Å². The Morgan fingerprint density at radius 1 is 1.03 bits per heavy atom. The van der Waals surface area contributed by atoms with Gasteiger partial charge in [0.15, 0.2) is 11.5 Å². The van der Waals surface area contributed by atoms with Crippen LogP contribution in [0.25, 0.3) is 11.1 Å². The summed E-state index contributed by atoms with van der Waals surface area (Å²) in [4.78, 5) is 6.98. The van der Waals surface area contributed by atoms with E-state index in [0.717, 1.165) is 54.6 Å². The second-order valence-electron chi connectivity index (χ2n) is 7.42. The fraction of sp³-hybridized carbons (Fsp3) is 0.320. The van der Waals surface area contributed by atoms with Crippen LogP contribution in [0.1, 0.15) is 19.0 Å². The van der Waals surface area contributed by atoms with Crippen LogP contribution in [0.2, 0.25) is 0 Å². The van der Waals surface area contributed by atoms with Gasteiger partial charge in [0, 0.05) is 25.7 Å². The minimum atomic E-state index is 0.0764. The largest absolute Gasteiger partial charge is 0.497 e. The van der Waals surface area contributed by atoms with Crippen LogP contribution < -0.4 is 14.2 Å². The van der Waals surface area contributed by atoms with Crippen molar-refractivity contribution in [1.29, 1.82) is 0 Å². The van der Waals surface area contributed by atoms with Crippen molar-refractivity contribution in [3.8, 4) is 28.4 Å². The molecule has 1 unspecified atom stereocenters. The topological polar surface area (TPSA) is 43.8 Å². The maximum Gasteiger partial charge on any atom is 0.161 e. The van der Waals surface area contributed by atoms with Crippen LogP contribution >= 0.6 is 0 Å². The van der Waals surface area contributed by atoms with Crippen molar-refractivity contribution < 1.29 is 14.2 Å². The lowest BCUT2D eigenvalue weighted by Crippen LogP contribution is -2.34. The average molecular weight is 405 g/mol. The van der Waals surface area contributed by atoms with Crippen LogP contribution in [0.3, 0.4) is 0 Å². The number of para-hydroxylation sites is 2. The third kappa shape index (κ3) is 4.92. The van der Waals surface area contributed by atoms with Crippen LogP contribution in [0, 0.1) is 0 Å². The lowest BCUT2D eigenvalue weighted by Gasteiger charge is -2.28. The van der Waals surface area contributed by atoms with Crippen molar-refractivity contribution in [1.82, 2.24) is 9.88 Å². The van der Waals surface area contributed by atoms with Crippen LogP contribution in [0.4, 0.5) is 0 Å². The predicted molar refractivity (Wildman–Crippen MR) is 118 cm³/mol. The van der Waals surface area contributed by atoms with Crippen LogP contribution in [-0.2, 0) is 6.54 Å². The summed E-state index contributed by atoms with van der Waals surface area (Å²) in [5.41, 5.74) is 3.39. The molecule has 30 heavy (non-hydrogen) atoms. The van der Waals surface area contributed by atoms with Crippen LogP contribution in [-0.4, -0.2) is 42.8 Å². The molecule has 0 fully saturated rings. The standard InChI is InChI=1S/C25H28N2O3/c1-3-27(15-13-23-18-29-24-6-4-5-7-25(24)30-23)17-21-16-20(12-14-26-21)19-8-10-22(28-2)11-9-19/h4-12,14,16,23H,3,13,15,17-18H2,1-2H3. The van der Waals surface area contributed by atoms with Gasteiger partial charge in [-0.3, -0.25) is 9.88 Å². The molecule has 2 aromatic carbocycles. The molecule has 0 amide bonds. The highest BCUT2D eigenvalue weighted by atomic mass is 16.6. The summed E-state index contributed by atoms with van der Waals surface area (Å²) < 4.78 is 17.2. The first-order chi connectivity index (χ1) is 14.7. The maximum absolute atomic E-state index is 6.10. The highest BCUT2D eigenvalue weighted by molar-refractivity contribution is 5.64. The Bertz CT molecular complexity index is 959. The Kier molecular flexibility index (Phi) is 6.50. The van der Waals surface area contributed by atoms with E-state index < -0.39 is 0 Å². The highest BCUT2D eigenvalue weighted by Gasteiger charge is 2.21. The van der Waals surface area contributed by atoms with Crippen molar-refractivity contribution in [3.63, 3.8) is 0 Å². The molecule has 0 bridgehead atoms. The molecule has 1 aliphatic rings. The van der Waals surface area contributed by atoms with Crippen molar-refractivity contribution in [3.05, 3.63) is 72.6 Å². The Balaban J connectivity index is 1.35. The van der Waals surface area contributed by atoms with Crippen molar-refractivity contribution in [2.24, 2.45) is 0 Å². The summed E-state index contributed by atoms with van der Waals surface area (Å²) in [6.07, 6.45) is 2.88. The number of methoxy groups -OCH3 is 1. The zero-order valence-corrected chi connectivity index (χ0v) is 17.6. The summed E-state index contributed by atoms with van der Waals surface area (Å²) in [5, 5.41) is 0. The molecule has 156 valence electrons. The zero-order chi connectivity index (χ0) is 20.8. The molecule has 5 nitrogen and oxygen atoms in total. The number of hydrogen-bond donors (Lipinski definition) is 0. The molecule has 0 saturated carbocycles. The third-order valence-corrected chi connectivity index (χ3v) is 5.41. The maximum atomic E-state index is 6.10. The number of hydrogen-bond acceptors (Lipinski definition) is 5. The second-order valence-corrected chi connectivity index (χ2v) is 7.42. The molecule has 0 spiro atoms. The highest BCUT2D eigenvalue weighted by Crippen LogP contribution is 2.31. The van der Waals surface area contributed by atoms with Gasteiger partial charge in [0.25, 0.3) is 0 Å². The van der Waals surface area contributed by atoms with E-state index in [2.05, 4.69) is 35.0 Å². The van der Waals surface area contributed by atoms with Crippen LogP contribution in [0.5, 0.6) is 17.2 Å². The number of benzene rings is 2. The first-order valence-corrected chi connectivity index (χ1v) is 10.5. The van der Waals surface area contributed by atoms with Gasteiger partial charge in [0.1, 0.15) is 18.5 Å². The summed E-state index contributed by atoms with van der Waals surface area (Å²) >= 11 is 0. The van der Waals surface area contributed by atoms with Gasteiger partial charge in [0.05, 0.1) is 12.8 Å². The van der Waals surface area contributed by atoms with Gasteiger partial charge in [-0.1, -0.05) is 31.2 Å². The van der Waals surface area contributed by atoms with E-state index in [1.165, 1.54) is 5.56 Å². The molecule has 1 aliphatic heterocycles. The number of ether oxygens (including phenoxy) is 3. The van der Waals surface area contributed by atoms with E-state index in [4.69, 9.17) is 14.2 Å². The monoisotopic (exact) mass is 404 g/mol. The number of fused-ring (bicyclic) bond motifs is 1. The first-order valence-electron chi connectivity index (χ1n) is 10.5. The van der Waals surface area contributed by atoms with Crippen molar-refractivity contribution in [2.45, 2.75) is 26.0 Å². The summed E-state index contributed by atoms with van der Waals surface area (Å²) in [6.45, 7) is 5.48. The molecule has 1 atom stereocenters. The van der Waals surface area contributed by atoms with E-state index in [1.54, 1.807) is 7.11 Å². The number of pyridine rings is 1. The van der Waals surface area contributed by atoms with Gasteiger partial charge in [-0.15, -0.1) is 0 Å². The second kappa shape index (κ2) is 9.63. The van der Waals surface area contributed by atoms with E-state index in [9.17, 15) is 0 Å². The molecule has 4 rings (SSSR count). The SMILES string of the molecule is CCN(CCC1COc2ccccc2O1)Cc1cc(-c2ccc(OC)cc2)ccn1. The van der Waals surface area contributed by atoms with Gasteiger partial charge in [0.2, 0.25) is 0 Å². The molecule has 5 heteroatoms. The van der Waals surface area contributed by atoms with Gasteiger partial charge < -0.3 is 14.2 Å². The third-order valence-electron chi connectivity index (χ3n) is 5.41. The fourth-order valence-corrected chi connectivity index (χ4v) is 3.64. The van der Waals surface area contributed by atoms with Crippen molar-refractivity contribution in [2.75, 3.05) is 26.8 Å². The number of aromatic nitrogens is 1. The molecular formula is C25H28N2O3. The number of nitrogens with zero attached hydrogens (tertiary/aromatic N) is 2. The number of rotatable bonds is 8. The zero-order valence-electron chi connectivity index (χ0n) is 17.6. The summed E-state index contributed by atoms with van der Waals surface area (Å²) in [7, 11) is 1.68. The Morgan fingerprint density at radius 2 is 1.83 bits per heavy atom. The Labute approximate surface area is 178 Å². The first kappa shape index (κ1) is 20.2. The van der Waals surface area contributed by atoms with E-state index in [0.29, 0.717) is 6.61 Å². The lowest BCUT2D eigenvalue weighted by molar-refractivity contribution is 0.0746. The molecule has 2 heterocycles. The minimum Gasteiger partial charge on any atom is -0.497 e. The van der Waals surface area contributed by atoms with Gasteiger partial charge in [-0.2, -0.15) is 0 Å². The van der Waals surface area contributed by atoms with Crippen molar-refractivity contribution >= 4 is 0 Å². The molecular weight excluding hydrogens is 376 g/mol. The fourth-order valence-electron chi connectivity index (χ4n) is 3.64. The quantitative estimate of drug-likeness (QED) is 0.539. The molecule has 0 saturated heterocycles. The average Bonchev–Trinajstić information content (AvgIpc) is 2.82. The van der Waals surface area contributed by atoms with Gasteiger partial charge in [-0.05, 0) is 54.1 Å². The normalized spacial score (nSPS) is 15.2. The Hall–Kier alpha value is -3.05. The van der Waals surface area contributed by atoms with E-state index >= 15 is 0 Å². The molecule has 1 aromatic heterocycles. The van der Waals surface area contributed by atoms with Gasteiger partial charge in [-0.25, -0.2) is 0 Å². The summed E-state index contributed by atoms with van der Waals surface area (Å²) in [6, 6.07) is 20.2. The smallest absolute Gasteiger partial charge is 0.161 e. The molecule has 3 aromatic rings. The van der Waals surface area contributed by atoms with Crippen LogP contribution in [0.15, 0.2) is 66.9 Å². The molecule has 0 aliphatic carbocycles. The lowest BCUT2D eigenvalue weighted by atomic mass is 10.1. The summed E-state index contributed by atoms with van der Waals surface area (Å²) in [5.74, 6) is 2.54. The Morgan fingerprint density at radius 3 is 2.60 bits per heavy atom.